The smallest absolute Gasteiger partial charge is 0.410 e. The van der Waals surface area contributed by atoms with Gasteiger partial charge in [0.2, 0.25) is 10.0 Å². The standard InChI is InChI=1S/C29H31F3N8O5S/c1-46(42,43)39-9-7-37(8-10-39)18-20-15-24-27(38-11-13-44-14-12-38)35-26(36-40(24)19-20)22-17-33-25(16-23(22)29(30,31)32)34-28(41)45-21-5-3-2-4-6-21/h2-6,15-17,19H,7-14,18H2,1H3,(H,33,34,41). The Morgan fingerprint density at radius 1 is 1.04 bits per heavy atom. The molecule has 1 N–H and O–H groups in total. The largest absolute Gasteiger partial charge is 0.418 e. The van der Waals surface area contributed by atoms with E-state index in [-0.39, 0.29) is 23.0 Å². The Balaban J connectivity index is 1.32. The van der Waals surface area contributed by atoms with Gasteiger partial charge >= 0.3 is 12.3 Å². The van der Waals surface area contributed by atoms with E-state index in [0.717, 1.165) is 17.8 Å². The molecule has 17 heteroatoms. The van der Waals surface area contributed by atoms with Gasteiger partial charge in [-0.25, -0.2) is 27.7 Å². The van der Waals surface area contributed by atoms with Crippen LogP contribution in [0.3, 0.4) is 0 Å². The lowest BCUT2D eigenvalue weighted by Crippen LogP contribution is -2.47. The number of pyridine rings is 1. The minimum Gasteiger partial charge on any atom is -0.410 e. The number of anilines is 2. The van der Waals surface area contributed by atoms with Crippen molar-refractivity contribution in [1.29, 1.82) is 0 Å². The Labute approximate surface area is 262 Å². The summed E-state index contributed by atoms with van der Waals surface area (Å²) in [5.41, 5.74) is 0.0113. The number of nitrogens with one attached hydrogen (secondary N) is 1. The van der Waals surface area contributed by atoms with Gasteiger partial charge in [0.15, 0.2) is 11.6 Å². The zero-order chi connectivity index (χ0) is 32.5. The van der Waals surface area contributed by atoms with E-state index in [1.807, 2.05) is 11.0 Å². The van der Waals surface area contributed by atoms with Crippen molar-refractivity contribution in [1.82, 2.24) is 28.8 Å². The molecule has 4 aromatic rings. The summed E-state index contributed by atoms with van der Waals surface area (Å²) in [6.07, 6.45) is -1.91. The van der Waals surface area contributed by atoms with Gasteiger partial charge in [0.1, 0.15) is 17.1 Å². The molecule has 46 heavy (non-hydrogen) atoms. The number of para-hydroxylation sites is 1. The zero-order valence-electron chi connectivity index (χ0n) is 24.8. The summed E-state index contributed by atoms with van der Waals surface area (Å²) in [6.45, 7) is 4.13. The number of aromatic nitrogens is 4. The number of sulfonamides is 1. The molecule has 0 unspecified atom stereocenters. The summed E-state index contributed by atoms with van der Waals surface area (Å²) in [4.78, 5) is 25.1. The second-order valence-electron chi connectivity index (χ2n) is 10.9. The van der Waals surface area contributed by atoms with E-state index in [1.54, 1.807) is 24.4 Å². The van der Waals surface area contributed by atoms with Crippen LogP contribution in [0.5, 0.6) is 5.75 Å². The van der Waals surface area contributed by atoms with E-state index in [2.05, 4.69) is 25.3 Å². The zero-order valence-corrected chi connectivity index (χ0v) is 25.6. The van der Waals surface area contributed by atoms with Crippen molar-refractivity contribution in [3.63, 3.8) is 0 Å². The summed E-state index contributed by atoms with van der Waals surface area (Å²) < 4.78 is 80.6. The maximum absolute atomic E-state index is 14.4. The number of hydrogen-bond donors (Lipinski definition) is 1. The lowest BCUT2D eigenvalue weighted by Gasteiger charge is -2.32. The monoisotopic (exact) mass is 660 g/mol. The third kappa shape index (κ3) is 7.22. The van der Waals surface area contributed by atoms with Crippen molar-refractivity contribution in [3.05, 3.63) is 66.0 Å². The Morgan fingerprint density at radius 3 is 2.43 bits per heavy atom. The molecule has 1 amide bonds. The second kappa shape index (κ2) is 12.8. The molecule has 244 valence electrons. The average molecular weight is 661 g/mol. The maximum Gasteiger partial charge on any atom is 0.418 e. The molecular formula is C29H31F3N8O5S. The van der Waals surface area contributed by atoms with Crippen LogP contribution in [0.1, 0.15) is 11.1 Å². The number of rotatable bonds is 7. The molecular weight excluding hydrogens is 629 g/mol. The highest BCUT2D eigenvalue weighted by atomic mass is 32.2. The van der Waals surface area contributed by atoms with Gasteiger partial charge in [-0.3, -0.25) is 10.2 Å². The van der Waals surface area contributed by atoms with E-state index in [9.17, 15) is 26.4 Å². The number of halogens is 3. The molecule has 13 nitrogen and oxygen atoms in total. The number of carbonyl (C=O) groups excluding carboxylic acids is 1. The summed E-state index contributed by atoms with van der Waals surface area (Å²) in [6, 6.07) is 10.7. The molecule has 0 atom stereocenters. The van der Waals surface area contributed by atoms with Gasteiger partial charge in [-0.1, -0.05) is 18.2 Å². The first-order valence-electron chi connectivity index (χ1n) is 14.4. The number of fused-ring (bicyclic) bond motifs is 1. The molecule has 2 fully saturated rings. The van der Waals surface area contributed by atoms with Crippen molar-refractivity contribution in [2.45, 2.75) is 12.7 Å². The van der Waals surface area contributed by atoms with Gasteiger partial charge < -0.3 is 14.4 Å². The Morgan fingerprint density at radius 2 is 1.76 bits per heavy atom. The lowest BCUT2D eigenvalue weighted by atomic mass is 10.1. The molecule has 6 rings (SSSR count). The quantitative estimate of drug-likeness (QED) is 0.315. The van der Waals surface area contributed by atoms with Crippen LogP contribution in [-0.2, 0) is 27.5 Å². The molecule has 0 aliphatic carbocycles. The van der Waals surface area contributed by atoms with Gasteiger partial charge in [-0.2, -0.15) is 17.5 Å². The number of amides is 1. The van der Waals surface area contributed by atoms with E-state index < -0.39 is 27.9 Å². The number of morpholine rings is 1. The number of hydrogen-bond acceptors (Lipinski definition) is 10. The fraction of sp³-hybridized carbons (Fsp3) is 0.379. The number of nitrogens with zero attached hydrogens (tertiary/aromatic N) is 7. The first-order valence-corrected chi connectivity index (χ1v) is 16.3. The minimum atomic E-state index is -4.83. The highest BCUT2D eigenvalue weighted by Crippen LogP contribution is 2.38. The predicted octanol–water partition coefficient (Wildman–Crippen LogP) is 3.33. The van der Waals surface area contributed by atoms with Crippen LogP contribution in [0.4, 0.5) is 29.6 Å². The molecule has 0 radical (unpaired) electrons. The van der Waals surface area contributed by atoms with Crippen molar-refractivity contribution in [2.24, 2.45) is 0 Å². The average Bonchev–Trinajstić information content (AvgIpc) is 3.43. The number of benzene rings is 1. The van der Waals surface area contributed by atoms with Crippen LogP contribution in [0.2, 0.25) is 0 Å². The Kier molecular flexibility index (Phi) is 8.82. The molecule has 3 aromatic heterocycles. The molecule has 2 aliphatic heterocycles. The van der Waals surface area contributed by atoms with Gasteiger partial charge in [-0.05, 0) is 29.8 Å². The van der Waals surface area contributed by atoms with Crippen LogP contribution < -0.4 is 15.0 Å². The molecule has 0 spiro atoms. The van der Waals surface area contributed by atoms with E-state index in [0.29, 0.717) is 70.4 Å². The number of ether oxygens (including phenoxy) is 2. The molecule has 5 heterocycles. The predicted molar refractivity (Wildman–Crippen MR) is 162 cm³/mol. The fourth-order valence-corrected chi connectivity index (χ4v) is 6.21. The summed E-state index contributed by atoms with van der Waals surface area (Å²) >= 11 is 0. The van der Waals surface area contributed by atoms with Crippen LogP contribution in [-0.4, -0.2) is 102 Å². The Hall–Kier alpha value is -4.32. The van der Waals surface area contributed by atoms with Gasteiger partial charge in [-0.15, -0.1) is 5.10 Å². The lowest BCUT2D eigenvalue weighted by molar-refractivity contribution is -0.137. The first kappa shape index (κ1) is 31.7. The summed E-state index contributed by atoms with van der Waals surface area (Å²) in [7, 11) is -3.27. The van der Waals surface area contributed by atoms with E-state index >= 15 is 0 Å². The highest BCUT2D eigenvalue weighted by Gasteiger charge is 2.36. The first-order chi connectivity index (χ1) is 21.9. The SMILES string of the molecule is CS(=O)(=O)N1CCN(Cc2cc3c(N4CCOCC4)nc(-c4cnc(NC(=O)Oc5ccccc5)cc4C(F)(F)F)nn3c2)CC1. The van der Waals surface area contributed by atoms with Crippen LogP contribution in [0.25, 0.3) is 16.9 Å². The van der Waals surface area contributed by atoms with Crippen molar-refractivity contribution < 1.29 is 35.9 Å². The maximum atomic E-state index is 14.4. The number of piperazine rings is 1. The number of alkyl halides is 3. The summed E-state index contributed by atoms with van der Waals surface area (Å²) in [5, 5.41) is 6.72. The van der Waals surface area contributed by atoms with E-state index in [4.69, 9.17) is 9.47 Å². The third-order valence-corrected chi connectivity index (χ3v) is 8.95. The second-order valence-corrected chi connectivity index (χ2v) is 12.9. The molecule has 0 bridgehead atoms. The topological polar surface area (TPSA) is 134 Å². The number of carbonyl (C=O) groups is 1. The fourth-order valence-electron chi connectivity index (χ4n) is 5.39. The van der Waals surface area contributed by atoms with Crippen molar-refractivity contribution in [2.75, 3.05) is 69.0 Å². The van der Waals surface area contributed by atoms with Crippen LogP contribution in [0.15, 0.2) is 54.9 Å². The Bertz CT molecular complexity index is 1820. The van der Waals surface area contributed by atoms with Gasteiger partial charge in [0, 0.05) is 58.2 Å². The van der Waals surface area contributed by atoms with Crippen molar-refractivity contribution in [3.8, 4) is 17.1 Å². The third-order valence-electron chi connectivity index (χ3n) is 7.65. The van der Waals surface area contributed by atoms with E-state index in [1.165, 1.54) is 27.2 Å². The molecule has 1 aromatic carbocycles. The molecule has 2 aliphatic rings. The van der Waals surface area contributed by atoms with Gasteiger partial charge in [0.05, 0.1) is 30.6 Å². The van der Waals surface area contributed by atoms with Crippen molar-refractivity contribution >= 4 is 33.3 Å². The van der Waals surface area contributed by atoms with Crippen LogP contribution in [0, 0.1) is 0 Å². The van der Waals surface area contributed by atoms with Gasteiger partial charge in [0.25, 0.3) is 0 Å². The highest BCUT2D eigenvalue weighted by molar-refractivity contribution is 7.88. The molecule has 2 saturated heterocycles. The normalized spacial score (nSPS) is 16.9. The molecule has 0 saturated carbocycles. The minimum absolute atomic E-state index is 0.198. The van der Waals surface area contributed by atoms with Crippen LogP contribution >= 0.6 is 0 Å². The summed E-state index contributed by atoms with van der Waals surface area (Å²) in [5.74, 6) is 0.109.